The largest absolute Gasteiger partial charge is 0.449 e. The van der Waals surface area contributed by atoms with Crippen LogP contribution in [0, 0.1) is 0 Å². The van der Waals surface area contributed by atoms with Gasteiger partial charge in [-0.1, -0.05) is 0 Å². The Labute approximate surface area is 40.9 Å². The number of amides is 1. The monoisotopic (exact) mass is 126 g/mol. The van der Waals surface area contributed by atoms with Crippen LogP contribution in [0.2, 0.25) is 0 Å². The quantitative estimate of drug-likeness (QED) is 0.322. The van der Waals surface area contributed by atoms with Crippen LogP contribution in [-0.4, -0.2) is 5.37 Å². The van der Waals surface area contributed by atoms with Crippen molar-refractivity contribution in [2.45, 2.75) is 0 Å². The number of carbonyl (C=O) groups is 1. The van der Waals surface area contributed by atoms with Gasteiger partial charge in [0.2, 0.25) is 0 Å². The molecule has 0 saturated heterocycles. The lowest BCUT2D eigenvalue weighted by Gasteiger charge is -1.65. The molecule has 0 saturated carbocycles. The van der Waals surface area contributed by atoms with Gasteiger partial charge in [-0.3, -0.25) is 4.79 Å². The Kier molecular flexibility index (Phi) is 2.99. The van der Waals surface area contributed by atoms with Crippen molar-refractivity contribution in [1.82, 2.24) is 5.09 Å². The van der Waals surface area contributed by atoms with E-state index in [0.717, 1.165) is 0 Å². The van der Waals surface area contributed by atoms with E-state index >= 15 is 0 Å². The highest BCUT2D eigenvalue weighted by atomic mass is 35.5. The molecule has 0 aromatic heterocycles. The van der Waals surface area contributed by atoms with Crippen LogP contribution in [0.3, 0.4) is 0 Å². The van der Waals surface area contributed by atoms with Crippen LogP contribution in [-0.2, 0) is 4.57 Å². The summed E-state index contributed by atoms with van der Waals surface area (Å²) in [6.45, 7) is 0. The van der Waals surface area contributed by atoms with Gasteiger partial charge in [-0.15, -0.1) is 5.09 Å². The standard InChI is InChI=1S/CHClNO2P/c2-1(4)3-6-5/h(H,3,4,5)/p+1. The Bertz CT molecular complexity index is 73.9. The minimum absolute atomic E-state index is 0.789. The number of hydrogen-bond donors (Lipinski definition) is 1. The Morgan fingerprint density at radius 2 is 2.33 bits per heavy atom. The number of hydrogen-bond acceptors (Lipinski definition) is 2. The maximum atomic E-state index is 9.51. The summed E-state index contributed by atoms with van der Waals surface area (Å²) < 4.78 is 9.35. The molecular formula is CH2ClNO2P+. The molecule has 34 valence electrons. The molecule has 6 heavy (non-hydrogen) atoms. The molecule has 1 unspecified atom stereocenters. The predicted octanol–water partition coefficient (Wildman–Crippen LogP) is 0.874. The van der Waals surface area contributed by atoms with Crippen molar-refractivity contribution in [2.24, 2.45) is 0 Å². The molecule has 0 fully saturated rings. The third-order valence-corrected chi connectivity index (χ3v) is 0.731. The zero-order valence-electron chi connectivity index (χ0n) is 2.69. The lowest BCUT2D eigenvalue weighted by Crippen LogP contribution is -1.98. The van der Waals surface area contributed by atoms with Gasteiger partial charge in [-0.2, -0.15) is 0 Å². The SMILES string of the molecule is O=[PH+]NC(=O)Cl. The third kappa shape index (κ3) is 3.86. The highest BCUT2D eigenvalue weighted by Crippen LogP contribution is 1.84. The first-order chi connectivity index (χ1) is 2.77. The normalized spacial score (nSPS) is 8.17. The number of nitrogens with one attached hydrogen (secondary N) is 1. The summed E-state index contributed by atoms with van der Waals surface area (Å²) in [5.41, 5.74) is 0. The Balaban J connectivity index is 3.05. The van der Waals surface area contributed by atoms with Crippen LogP contribution in [0.25, 0.3) is 0 Å². The fourth-order valence-electron chi connectivity index (χ4n) is 0.0401. The van der Waals surface area contributed by atoms with E-state index in [1.54, 1.807) is 0 Å². The Morgan fingerprint density at radius 3 is 2.33 bits per heavy atom. The zero-order valence-corrected chi connectivity index (χ0v) is 4.45. The molecule has 1 amide bonds. The second kappa shape index (κ2) is 3.07. The highest BCUT2D eigenvalue weighted by Gasteiger charge is 1.92. The van der Waals surface area contributed by atoms with Gasteiger partial charge >= 0.3 is 14.0 Å². The molecular weight excluding hydrogens is 124 g/mol. The van der Waals surface area contributed by atoms with Crippen LogP contribution in [0.1, 0.15) is 0 Å². The van der Waals surface area contributed by atoms with Gasteiger partial charge < -0.3 is 0 Å². The van der Waals surface area contributed by atoms with E-state index in [1.807, 2.05) is 5.09 Å². The van der Waals surface area contributed by atoms with E-state index in [-0.39, 0.29) is 0 Å². The summed E-state index contributed by atoms with van der Waals surface area (Å²) in [6.07, 6.45) is 0. The van der Waals surface area contributed by atoms with E-state index in [4.69, 9.17) is 0 Å². The second-order valence-electron chi connectivity index (χ2n) is 0.501. The van der Waals surface area contributed by atoms with Crippen LogP contribution >= 0.6 is 20.2 Å². The molecule has 0 spiro atoms. The third-order valence-electron chi connectivity index (χ3n) is 0.149. The van der Waals surface area contributed by atoms with E-state index in [9.17, 15) is 9.36 Å². The molecule has 0 radical (unpaired) electrons. The maximum Gasteiger partial charge on any atom is 0.449 e. The van der Waals surface area contributed by atoms with Gasteiger partial charge in [0.1, 0.15) is 0 Å². The van der Waals surface area contributed by atoms with Crippen molar-refractivity contribution >= 4 is 25.6 Å². The summed E-state index contributed by atoms with van der Waals surface area (Å²) >= 11 is 4.63. The molecule has 0 heterocycles. The minimum Gasteiger partial charge on any atom is -0.252 e. The molecule has 5 heteroatoms. The van der Waals surface area contributed by atoms with Gasteiger partial charge in [0.25, 0.3) is 0 Å². The molecule has 0 bridgehead atoms. The maximum absolute atomic E-state index is 9.51. The van der Waals surface area contributed by atoms with E-state index in [2.05, 4.69) is 11.6 Å². The van der Waals surface area contributed by atoms with Crippen molar-refractivity contribution in [3.05, 3.63) is 0 Å². The summed E-state index contributed by atoms with van der Waals surface area (Å²) in [6, 6.07) is 0. The van der Waals surface area contributed by atoms with Crippen LogP contribution in [0.5, 0.6) is 0 Å². The lowest BCUT2D eigenvalue weighted by molar-refractivity contribution is 0.264. The van der Waals surface area contributed by atoms with E-state index in [0.29, 0.717) is 0 Å². The molecule has 1 atom stereocenters. The van der Waals surface area contributed by atoms with Gasteiger partial charge in [0.05, 0.1) is 0 Å². The van der Waals surface area contributed by atoms with Crippen LogP contribution in [0.4, 0.5) is 4.79 Å². The summed E-state index contributed by atoms with van der Waals surface area (Å²) in [4.78, 5) is 9.51. The number of rotatable bonds is 1. The van der Waals surface area contributed by atoms with Crippen molar-refractivity contribution in [2.75, 3.05) is 0 Å². The zero-order chi connectivity index (χ0) is 4.99. The first-order valence-corrected chi connectivity index (χ1v) is 2.38. The fraction of sp³-hybridized carbons (Fsp3) is 0. The van der Waals surface area contributed by atoms with Crippen molar-refractivity contribution in [3.8, 4) is 0 Å². The minimum atomic E-state index is -0.843. The van der Waals surface area contributed by atoms with Gasteiger partial charge in [0.15, 0.2) is 0 Å². The van der Waals surface area contributed by atoms with Crippen LogP contribution in [0.15, 0.2) is 0 Å². The fourth-order valence-corrected chi connectivity index (χ4v) is 0.236. The molecule has 0 rings (SSSR count). The average molecular weight is 126 g/mol. The predicted molar refractivity (Wildman–Crippen MR) is 23.4 cm³/mol. The molecule has 0 aliphatic heterocycles. The number of halogens is 1. The highest BCUT2D eigenvalue weighted by molar-refractivity contribution is 7.23. The summed E-state index contributed by atoms with van der Waals surface area (Å²) in [5.74, 6) is 0. The first-order valence-electron chi connectivity index (χ1n) is 1.10. The van der Waals surface area contributed by atoms with Gasteiger partial charge in [-0.25, -0.2) is 0 Å². The van der Waals surface area contributed by atoms with Crippen molar-refractivity contribution < 1.29 is 9.36 Å². The van der Waals surface area contributed by atoms with E-state index < -0.39 is 14.0 Å². The van der Waals surface area contributed by atoms with Gasteiger partial charge in [0, 0.05) is 0 Å². The first kappa shape index (κ1) is 5.86. The van der Waals surface area contributed by atoms with Crippen LogP contribution < -0.4 is 5.09 Å². The van der Waals surface area contributed by atoms with E-state index in [1.165, 1.54) is 0 Å². The molecule has 1 N–H and O–H groups in total. The van der Waals surface area contributed by atoms with Crippen molar-refractivity contribution in [1.29, 1.82) is 0 Å². The number of carbonyl (C=O) groups excluding carboxylic acids is 1. The second-order valence-corrected chi connectivity index (χ2v) is 1.30. The summed E-state index contributed by atoms with van der Waals surface area (Å²) in [7, 11) is -0.843. The van der Waals surface area contributed by atoms with Gasteiger partial charge in [-0.05, 0) is 16.2 Å². The molecule has 0 aromatic rings. The topological polar surface area (TPSA) is 46.2 Å². The Hall–Kier alpha value is -0.140. The van der Waals surface area contributed by atoms with Crippen molar-refractivity contribution in [3.63, 3.8) is 0 Å². The Morgan fingerprint density at radius 1 is 1.83 bits per heavy atom. The molecule has 3 nitrogen and oxygen atoms in total. The summed E-state index contributed by atoms with van der Waals surface area (Å²) in [5, 5.41) is 1.02. The smallest absolute Gasteiger partial charge is 0.252 e. The molecule has 0 aliphatic rings. The molecule has 0 aromatic carbocycles. The molecule has 0 aliphatic carbocycles. The lowest BCUT2D eigenvalue weighted by atomic mass is 11.5. The average Bonchev–Trinajstić information content (AvgIpc) is 1.35.